The van der Waals surface area contributed by atoms with Crippen LogP contribution in [0.1, 0.15) is 64.5 Å². The van der Waals surface area contributed by atoms with Crippen molar-refractivity contribution in [3.05, 3.63) is 58.5 Å². The van der Waals surface area contributed by atoms with Gasteiger partial charge in [0.25, 0.3) is 6.43 Å². The number of fused-ring (bicyclic) bond motifs is 1. The predicted molar refractivity (Wildman–Crippen MR) is 137 cm³/mol. The van der Waals surface area contributed by atoms with Gasteiger partial charge in [-0.15, -0.1) is 11.3 Å². The lowest BCUT2D eigenvalue weighted by Gasteiger charge is -2.29. The summed E-state index contributed by atoms with van der Waals surface area (Å²) < 4.78 is 33.2. The number of carbonyl (C=O) groups is 1. The van der Waals surface area contributed by atoms with Gasteiger partial charge in [0, 0.05) is 32.2 Å². The second-order valence-corrected chi connectivity index (χ2v) is 11.7. The number of allylic oxidation sites excluding steroid dienone is 1. The van der Waals surface area contributed by atoms with E-state index >= 15 is 0 Å². The van der Waals surface area contributed by atoms with Gasteiger partial charge in [-0.25, -0.2) is 13.6 Å². The van der Waals surface area contributed by atoms with Crippen molar-refractivity contribution in [3.8, 4) is 16.9 Å². The van der Waals surface area contributed by atoms with Crippen LogP contribution in [0.3, 0.4) is 0 Å². The van der Waals surface area contributed by atoms with Crippen LogP contribution in [0.5, 0.6) is 5.75 Å². The van der Waals surface area contributed by atoms with Crippen LogP contribution in [0.2, 0.25) is 0 Å². The lowest BCUT2D eigenvalue weighted by molar-refractivity contribution is -0.131. The van der Waals surface area contributed by atoms with Crippen LogP contribution in [0, 0.1) is 0 Å². The molecule has 0 unspecified atom stereocenters. The third-order valence-corrected chi connectivity index (χ3v) is 6.93. The van der Waals surface area contributed by atoms with E-state index in [1.54, 1.807) is 6.92 Å². The van der Waals surface area contributed by atoms with E-state index in [-0.39, 0.29) is 10.8 Å². The summed E-state index contributed by atoms with van der Waals surface area (Å²) in [6, 6.07) is 12.0. The summed E-state index contributed by atoms with van der Waals surface area (Å²) in [5.74, 6) is -0.524. The molecule has 3 aromatic rings. The number of hydrogen-bond donors (Lipinski definition) is 1. The van der Waals surface area contributed by atoms with Gasteiger partial charge in [0.15, 0.2) is 0 Å². The molecule has 0 fully saturated rings. The van der Waals surface area contributed by atoms with Crippen molar-refractivity contribution >= 4 is 33.0 Å². The second kappa shape index (κ2) is 9.49. The summed E-state index contributed by atoms with van der Waals surface area (Å²) in [5, 5.41) is 10.1. The Balaban J connectivity index is 2.37. The number of carboxylic acids is 1. The highest BCUT2D eigenvalue weighted by Gasteiger charge is 2.28. The molecule has 182 valence electrons. The molecule has 1 N–H and O–H groups in total. The number of rotatable bonds is 6. The zero-order valence-electron chi connectivity index (χ0n) is 20.8. The molecule has 1 aromatic heterocycles. The van der Waals surface area contributed by atoms with Crippen molar-refractivity contribution in [2.45, 2.75) is 65.7 Å². The summed E-state index contributed by atoms with van der Waals surface area (Å²) in [4.78, 5) is 12.0. The van der Waals surface area contributed by atoms with Crippen molar-refractivity contribution in [2.24, 2.45) is 0 Å². The van der Waals surface area contributed by atoms with Crippen LogP contribution in [0.25, 0.3) is 26.8 Å². The first-order chi connectivity index (χ1) is 15.7. The zero-order valence-corrected chi connectivity index (χ0v) is 21.6. The van der Waals surface area contributed by atoms with Gasteiger partial charge in [-0.05, 0) is 52.7 Å². The molecule has 34 heavy (non-hydrogen) atoms. The van der Waals surface area contributed by atoms with Crippen LogP contribution >= 0.6 is 11.3 Å². The fourth-order valence-electron chi connectivity index (χ4n) is 3.87. The SMILES string of the molecule is C/C(=C/C(=O)O)c1cc2c(-c3cc(C(C)(C)C)cc(C(C)(C)C)c3OCC(F)F)cccc2s1. The molecule has 1 heterocycles. The second-order valence-electron chi connectivity index (χ2n) is 10.6. The Kier molecular flexibility index (Phi) is 7.23. The predicted octanol–water partition coefficient (Wildman–Crippen LogP) is 8.30. The third-order valence-electron chi connectivity index (χ3n) is 5.70. The molecule has 0 aliphatic rings. The van der Waals surface area contributed by atoms with Crippen LogP contribution in [-0.2, 0) is 15.6 Å². The van der Waals surface area contributed by atoms with E-state index in [0.717, 1.165) is 37.2 Å². The number of ether oxygens (including phenoxy) is 1. The number of aliphatic carboxylic acids is 1. The van der Waals surface area contributed by atoms with E-state index in [4.69, 9.17) is 9.84 Å². The fourth-order valence-corrected chi connectivity index (χ4v) is 4.93. The van der Waals surface area contributed by atoms with Crippen molar-refractivity contribution in [3.63, 3.8) is 0 Å². The maximum Gasteiger partial charge on any atom is 0.328 e. The molecular formula is C28H32F2O3S. The number of carboxylic acid groups (broad SMARTS) is 1. The van der Waals surface area contributed by atoms with Crippen molar-refractivity contribution in [2.75, 3.05) is 6.61 Å². The van der Waals surface area contributed by atoms with Crippen LogP contribution in [0.15, 0.2) is 42.5 Å². The molecule has 0 bridgehead atoms. The first-order valence-corrected chi connectivity index (χ1v) is 12.0. The Hall–Kier alpha value is -2.73. The van der Waals surface area contributed by atoms with Gasteiger partial charge in [0.1, 0.15) is 12.4 Å². The average molecular weight is 487 g/mol. The Labute approximate surface area is 204 Å². The summed E-state index contributed by atoms with van der Waals surface area (Å²) in [6.07, 6.45) is -1.39. The summed E-state index contributed by atoms with van der Waals surface area (Å²) in [6.45, 7) is 13.6. The Morgan fingerprint density at radius 1 is 1.06 bits per heavy atom. The highest BCUT2D eigenvalue weighted by Crippen LogP contribution is 2.46. The maximum atomic E-state index is 13.2. The standard InChI is InChI=1S/C28H32F2O3S/c1-16(11-25(31)32)23-14-19-18(9-8-10-22(19)34-23)20-12-17(27(2,3)4)13-21(28(5,6)7)26(20)33-15-24(29)30/h8-14,24H,15H2,1-7H3,(H,31,32)/b16-11-. The normalized spacial score (nSPS) is 13.1. The topological polar surface area (TPSA) is 46.5 Å². The smallest absolute Gasteiger partial charge is 0.328 e. The quantitative estimate of drug-likeness (QED) is 0.357. The van der Waals surface area contributed by atoms with Gasteiger partial charge >= 0.3 is 5.97 Å². The number of alkyl halides is 2. The molecule has 0 atom stereocenters. The average Bonchev–Trinajstić information content (AvgIpc) is 3.14. The Morgan fingerprint density at radius 3 is 2.29 bits per heavy atom. The Bertz CT molecular complexity index is 1240. The minimum absolute atomic E-state index is 0.162. The van der Waals surface area contributed by atoms with Crippen LogP contribution < -0.4 is 4.74 Å². The molecule has 0 spiro atoms. The molecule has 0 amide bonds. The van der Waals surface area contributed by atoms with Gasteiger partial charge in [-0.1, -0.05) is 59.7 Å². The lowest BCUT2D eigenvalue weighted by Crippen LogP contribution is -2.20. The van der Waals surface area contributed by atoms with Gasteiger partial charge < -0.3 is 9.84 Å². The van der Waals surface area contributed by atoms with Gasteiger partial charge in [-0.3, -0.25) is 0 Å². The van der Waals surface area contributed by atoms with Gasteiger partial charge in [0.2, 0.25) is 0 Å². The van der Waals surface area contributed by atoms with E-state index in [1.807, 2.05) is 30.3 Å². The molecule has 0 radical (unpaired) electrons. The summed E-state index contributed by atoms with van der Waals surface area (Å²) in [5.41, 5.74) is 3.78. The monoisotopic (exact) mass is 486 g/mol. The molecular weight excluding hydrogens is 454 g/mol. The molecule has 0 aliphatic carbocycles. The Morgan fingerprint density at radius 2 is 1.74 bits per heavy atom. The highest BCUT2D eigenvalue weighted by molar-refractivity contribution is 7.20. The number of benzene rings is 2. The molecule has 0 aliphatic heterocycles. The van der Waals surface area contributed by atoms with Gasteiger partial charge in [0.05, 0.1) is 0 Å². The molecule has 0 saturated carbocycles. The number of thiophene rings is 1. The van der Waals surface area contributed by atoms with E-state index in [2.05, 4.69) is 47.6 Å². The summed E-state index contributed by atoms with van der Waals surface area (Å²) in [7, 11) is 0. The third kappa shape index (κ3) is 5.66. The maximum absolute atomic E-state index is 13.2. The largest absolute Gasteiger partial charge is 0.487 e. The van der Waals surface area contributed by atoms with E-state index in [9.17, 15) is 13.6 Å². The minimum atomic E-state index is -2.59. The fraction of sp³-hybridized carbons (Fsp3) is 0.393. The molecule has 2 aromatic carbocycles. The molecule has 0 saturated heterocycles. The molecule has 3 nitrogen and oxygen atoms in total. The number of hydrogen-bond acceptors (Lipinski definition) is 3. The summed E-state index contributed by atoms with van der Waals surface area (Å²) >= 11 is 1.51. The van der Waals surface area contributed by atoms with E-state index < -0.39 is 19.0 Å². The first kappa shape index (κ1) is 25.9. The minimum Gasteiger partial charge on any atom is -0.487 e. The van der Waals surface area contributed by atoms with Crippen molar-refractivity contribution < 1.29 is 23.4 Å². The first-order valence-electron chi connectivity index (χ1n) is 11.2. The van der Waals surface area contributed by atoms with Crippen LogP contribution in [-0.4, -0.2) is 24.1 Å². The lowest BCUT2D eigenvalue weighted by atomic mass is 9.78. The van der Waals surface area contributed by atoms with E-state index in [0.29, 0.717) is 11.3 Å². The van der Waals surface area contributed by atoms with E-state index in [1.165, 1.54) is 17.4 Å². The molecule has 3 rings (SSSR count). The highest BCUT2D eigenvalue weighted by atomic mass is 32.1. The number of halogens is 2. The van der Waals surface area contributed by atoms with Gasteiger partial charge in [-0.2, -0.15) is 0 Å². The van der Waals surface area contributed by atoms with Crippen molar-refractivity contribution in [1.29, 1.82) is 0 Å². The molecule has 6 heteroatoms. The zero-order chi connectivity index (χ0) is 25.4. The van der Waals surface area contributed by atoms with Crippen molar-refractivity contribution in [1.82, 2.24) is 0 Å². The van der Waals surface area contributed by atoms with Crippen LogP contribution in [0.4, 0.5) is 8.78 Å².